The first kappa shape index (κ1) is 17.8. The Morgan fingerprint density at radius 3 is 2.75 bits per heavy atom. The highest BCUT2D eigenvalue weighted by Crippen LogP contribution is 2.27. The average molecular weight is 410 g/mol. The highest BCUT2D eigenvalue weighted by atomic mass is 79.9. The van der Waals surface area contributed by atoms with Gasteiger partial charge in [0.1, 0.15) is 12.1 Å². The molecule has 1 unspecified atom stereocenters. The van der Waals surface area contributed by atoms with Crippen LogP contribution in [-0.4, -0.2) is 28.6 Å². The molecule has 0 amide bonds. The number of nitrogens with zero attached hydrogens (tertiary/aromatic N) is 1. The first-order chi connectivity index (χ1) is 11.7. The van der Waals surface area contributed by atoms with Gasteiger partial charge >= 0.3 is 0 Å². The molecular weight excluding hydrogens is 389 g/mol. The quantitative estimate of drug-likeness (QED) is 0.543. The maximum atomic E-state index is 13.7. The van der Waals surface area contributed by atoms with Gasteiger partial charge < -0.3 is 4.79 Å². The highest BCUT2D eigenvalue weighted by Gasteiger charge is 2.24. The molecule has 1 aromatic heterocycles. The zero-order valence-corrected chi connectivity index (χ0v) is 15.9. The Bertz CT molecular complexity index is 686. The van der Waals surface area contributed by atoms with Crippen molar-refractivity contribution >= 4 is 33.6 Å². The second-order valence-corrected chi connectivity index (χ2v) is 8.56. The van der Waals surface area contributed by atoms with Gasteiger partial charge in [-0.25, -0.2) is 4.39 Å². The van der Waals surface area contributed by atoms with Crippen molar-refractivity contribution in [2.24, 2.45) is 0 Å². The molecule has 0 N–H and O–H groups in total. The van der Waals surface area contributed by atoms with E-state index in [0.29, 0.717) is 12.0 Å². The fourth-order valence-corrected chi connectivity index (χ4v) is 3.92. The lowest BCUT2D eigenvalue weighted by Gasteiger charge is -2.31. The Morgan fingerprint density at radius 1 is 1.33 bits per heavy atom. The number of hydrogen-bond acceptors (Lipinski definition) is 3. The minimum Gasteiger partial charge on any atom is -0.302 e. The number of carbonyl (C=O) groups is 1. The van der Waals surface area contributed by atoms with E-state index < -0.39 is 0 Å². The Morgan fingerprint density at radius 2 is 2.08 bits per heavy atom. The normalized spacial score (nSPS) is 18.2. The summed E-state index contributed by atoms with van der Waals surface area (Å²) in [5, 5.41) is 2.10. The molecule has 1 aliphatic carbocycles. The van der Waals surface area contributed by atoms with Crippen molar-refractivity contribution in [1.29, 1.82) is 0 Å². The van der Waals surface area contributed by atoms with Crippen molar-refractivity contribution < 1.29 is 9.18 Å². The summed E-state index contributed by atoms with van der Waals surface area (Å²) < 4.78 is 13.7. The SMILES string of the molecule is BrC1CC1.O=CC(Cc1ccccc1F)N1CCc2sccc2C1. The zero-order chi connectivity index (χ0) is 16.9. The van der Waals surface area contributed by atoms with Gasteiger partial charge in [0.05, 0.1) is 6.04 Å². The van der Waals surface area contributed by atoms with Crippen LogP contribution in [0.1, 0.15) is 28.8 Å². The molecule has 2 nitrogen and oxygen atoms in total. The summed E-state index contributed by atoms with van der Waals surface area (Å²) in [5.41, 5.74) is 1.92. The Kier molecular flexibility index (Phi) is 6.19. The van der Waals surface area contributed by atoms with Crippen LogP contribution in [0.2, 0.25) is 0 Å². The van der Waals surface area contributed by atoms with Gasteiger partial charge in [0.25, 0.3) is 0 Å². The number of halogens is 2. The number of thiophene rings is 1. The summed E-state index contributed by atoms with van der Waals surface area (Å²) in [4.78, 5) is 15.9. The Hall–Kier alpha value is -1.04. The van der Waals surface area contributed by atoms with E-state index in [1.165, 1.54) is 29.3 Å². The van der Waals surface area contributed by atoms with Gasteiger partial charge in [-0.1, -0.05) is 34.1 Å². The molecule has 5 heteroatoms. The van der Waals surface area contributed by atoms with Gasteiger partial charge in [0.15, 0.2) is 0 Å². The number of rotatable bonds is 4. The zero-order valence-electron chi connectivity index (χ0n) is 13.5. The van der Waals surface area contributed by atoms with E-state index in [1.807, 2.05) is 6.07 Å². The molecule has 24 heavy (non-hydrogen) atoms. The number of hydrogen-bond donors (Lipinski definition) is 0. The van der Waals surface area contributed by atoms with Crippen LogP contribution in [0.3, 0.4) is 0 Å². The molecule has 0 bridgehead atoms. The Balaban J connectivity index is 0.000000370. The summed E-state index contributed by atoms with van der Waals surface area (Å²) in [7, 11) is 0. The van der Waals surface area contributed by atoms with Crippen molar-refractivity contribution in [1.82, 2.24) is 4.90 Å². The molecule has 128 valence electrons. The second-order valence-electron chi connectivity index (χ2n) is 6.26. The van der Waals surface area contributed by atoms with E-state index in [1.54, 1.807) is 23.5 Å². The van der Waals surface area contributed by atoms with Crippen LogP contribution >= 0.6 is 27.3 Å². The third-order valence-electron chi connectivity index (χ3n) is 4.36. The van der Waals surface area contributed by atoms with Crippen LogP contribution in [0.25, 0.3) is 0 Å². The van der Waals surface area contributed by atoms with Crippen molar-refractivity contribution in [2.45, 2.75) is 43.1 Å². The van der Waals surface area contributed by atoms with E-state index in [4.69, 9.17) is 0 Å². The van der Waals surface area contributed by atoms with E-state index in [0.717, 1.165) is 30.6 Å². The van der Waals surface area contributed by atoms with Crippen LogP contribution in [0.4, 0.5) is 4.39 Å². The van der Waals surface area contributed by atoms with Crippen molar-refractivity contribution in [3.63, 3.8) is 0 Å². The van der Waals surface area contributed by atoms with Crippen molar-refractivity contribution in [3.05, 3.63) is 57.5 Å². The third-order valence-corrected chi connectivity index (χ3v) is 6.30. The standard InChI is InChI=1S/C16H16FNOS.C3H5Br/c17-15-4-2-1-3-12(15)9-14(11-19)18-7-5-16-13(10-18)6-8-20-16;4-3-1-2-3/h1-4,6,8,11,14H,5,7,9-10H2;3H,1-2H2. The lowest BCUT2D eigenvalue weighted by Crippen LogP contribution is -2.41. The smallest absolute Gasteiger partial charge is 0.137 e. The third kappa shape index (κ3) is 4.74. The molecule has 0 spiro atoms. The molecule has 2 aliphatic rings. The first-order valence-corrected chi connectivity index (χ1v) is 10.1. The number of aldehydes is 1. The molecule has 1 atom stereocenters. The van der Waals surface area contributed by atoms with Gasteiger partial charge in [-0.3, -0.25) is 4.90 Å². The molecule has 1 fully saturated rings. The monoisotopic (exact) mass is 409 g/mol. The van der Waals surface area contributed by atoms with E-state index in [9.17, 15) is 9.18 Å². The fourth-order valence-electron chi connectivity index (χ4n) is 2.77. The lowest BCUT2D eigenvalue weighted by molar-refractivity contribution is -0.112. The van der Waals surface area contributed by atoms with E-state index in [2.05, 4.69) is 32.3 Å². The molecule has 1 aromatic carbocycles. The largest absolute Gasteiger partial charge is 0.302 e. The van der Waals surface area contributed by atoms with Gasteiger partial charge in [-0.05, 0) is 54.3 Å². The lowest BCUT2D eigenvalue weighted by atomic mass is 10.0. The predicted octanol–water partition coefficient (Wildman–Crippen LogP) is 4.60. The van der Waals surface area contributed by atoms with Crippen LogP contribution in [0.5, 0.6) is 0 Å². The van der Waals surface area contributed by atoms with Gasteiger partial charge in [-0.2, -0.15) is 0 Å². The first-order valence-electron chi connectivity index (χ1n) is 8.29. The maximum absolute atomic E-state index is 13.7. The van der Waals surface area contributed by atoms with Crippen LogP contribution in [0.15, 0.2) is 35.7 Å². The molecule has 0 saturated heterocycles. The number of carbonyl (C=O) groups excluding carboxylic acids is 1. The molecular formula is C19H21BrFNOS. The highest BCUT2D eigenvalue weighted by molar-refractivity contribution is 9.09. The van der Waals surface area contributed by atoms with Gasteiger partial charge in [0.2, 0.25) is 0 Å². The second kappa shape index (κ2) is 8.37. The van der Waals surface area contributed by atoms with Gasteiger partial charge in [0, 0.05) is 22.8 Å². The van der Waals surface area contributed by atoms with Crippen LogP contribution in [-0.2, 0) is 24.2 Å². The number of fused-ring (bicyclic) bond motifs is 1. The summed E-state index contributed by atoms with van der Waals surface area (Å²) in [6, 6.07) is 8.56. The fraction of sp³-hybridized carbons (Fsp3) is 0.421. The Labute approximate surface area is 154 Å². The van der Waals surface area contributed by atoms with Crippen LogP contribution < -0.4 is 0 Å². The summed E-state index contributed by atoms with van der Waals surface area (Å²) in [6.45, 7) is 1.65. The minimum absolute atomic E-state index is 0.229. The van der Waals surface area contributed by atoms with Crippen molar-refractivity contribution in [2.75, 3.05) is 6.54 Å². The molecule has 4 rings (SSSR count). The average Bonchev–Trinajstić information content (AvgIpc) is 3.24. The molecule has 1 saturated carbocycles. The van der Waals surface area contributed by atoms with Crippen LogP contribution in [0, 0.1) is 5.82 Å². The summed E-state index contributed by atoms with van der Waals surface area (Å²) in [5.74, 6) is -0.229. The molecule has 2 aromatic rings. The molecule has 1 aliphatic heterocycles. The topological polar surface area (TPSA) is 20.3 Å². The molecule has 0 radical (unpaired) electrons. The summed E-state index contributed by atoms with van der Waals surface area (Å²) >= 11 is 5.16. The molecule has 2 heterocycles. The maximum Gasteiger partial charge on any atom is 0.137 e. The number of alkyl halides is 1. The summed E-state index contributed by atoms with van der Waals surface area (Å²) in [6.07, 6.45) is 5.17. The van der Waals surface area contributed by atoms with E-state index in [-0.39, 0.29) is 11.9 Å². The van der Waals surface area contributed by atoms with Gasteiger partial charge in [-0.15, -0.1) is 11.3 Å². The van der Waals surface area contributed by atoms with E-state index >= 15 is 0 Å². The minimum atomic E-state index is -0.250. The van der Waals surface area contributed by atoms with Crippen molar-refractivity contribution in [3.8, 4) is 0 Å². The predicted molar refractivity (Wildman–Crippen MR) is 100 cm³/mol. The number of benzene rings is 1.